The van der Waals surface area contributed by atoms with Crippen LogP contribution in [0.3, 0.4) is 0 Å². The Labute approximate surface area is 278 Å². The molecule has 0 bridgehead atoms. The molecule has 0 fully saturated rings. The number of unbranched alkanes of at least 4 members (excludes halogenated alkanes) is 11. The van der Waals surface area contributed by atoms with Gasteiger partial charge in [0, 0.05) is 30.7 Å². The van der Waals surface area contributed by atoms with E-state index in [1.165, 1.54) is 87.3 Å². The molecule has 0 aliphatic rings. The van der Waals surface area contributed by atoms with Crippen molar-refractivity contribution in [3.63, 3.8) is 0 Å². The molecule has 3 aromatic rings. The van der Waals surface area contributed by atoms with Gasteiger partial charge in [0.25, 0.3) is 0 Å². The number of nitrogens with one attached hydrogen (secondary N) is 1. The van der Waals surface area contributed by atoms with Gasteiger partial charge >= 0.3 is 0 Å². The number of hydrogen-bond donors (Lipinski definition) is 0. The molecule has 0 spiro atoms. The molecule has 0 radical (unpaired) electrons. The highest BCUT2D eigenvalue weighted by atomic mass is 79.9. The zero-order valence-corrected chi connectivity index (χ0v) is 29.7. The van der Waals surface area contributed by atoms with Crippen LogP contribution in [-0.4, -0.2) is 12.5 Å². The minimum Gasteiger partial charge on any atom is -1.00 e. The molecule has 1 aromatic heterocycles. The van der Waals surface area contributed by atoms with Crippen LogP contribution in [-0.2, 0) is 23.2 Å². The van der Waals surface area contributed by atoms with E-state index in [-0.39, 0.29) is 28.3 Å². The fraction of sp³-hybridized carbons (Fsp3) is 0.538. The van der Waals surface area contributed by atoms with E-state index in [4.69, 9.17) is 4.74 Å². The molecule has 0 saturated carbocycles. The maximum absolute atomic E-state index is 12.8. The summed E-state index contributed by atoms with van der Waals surface area (Å²) in [5.41, 5.74) is 5.57. The third kappa shape index (κ3) is 13.5. The molecule has 5 heteroatoms. The lowest BCUT2D eigenvalue weighted by Gasteiger charge is -2.26. The fourth-order valence-corrected chi connectivity index (χ4v) is 5.69. The van der Waals surface area contributed by atoms with E-state index in [9.17, 15) is 4.79 Å². The first-order valence-corrected chi connectivity index (χ1v) is 16.9. The number of rotatable bonds is 19. The van der Waals surface area contributed by atoms with Crippen LogP contribution < -0.4 is 31.6 Å². The molecule has 1 amide bonds. The molecule has 0 aliphatic heterocycles. The van der Waals surface area contributed by atoms with E-state index < -0.39 is 0 Å². The van der Waals surface area contributed by atoms with E-state index in [1.807, 2.05) is 35.5 Å². The van der Waals surface area contributed by atoms with Crippen molar-refractivity contribution >= 4 is 11.6 Å². The van der Waals surface area contributed by atoms with E-state index in [2.05, 4.69) is 69.1 Å². The number of halogens is 1. The zero-order chi connectivity index (χ0) is 30.9. The van der Waals surface area contributed by atoms with Crippen molar-refractivity contribution in [2.75, 3.05) is 11.5 Å². The number of aromatic nitrogens is 1. The van der Waals surface area contributed by atoms with E-state index in [0.29, 0.717) is 6.54 Å². The summed E-state index contributed by atoms with van der Waals surface area (Å²) in [5.74, 6) is 1.00. The second-order valence-corrected chi connectivity index (χ2v) is 13.2. The number of benzene rings is 2. The first kappa shape index (κ1) is 37.5. The highest BCUT2D eigenvalue weighted by Gasteiger charge is 2.21. The molecule has 3 rings (SSSR count). The van der Waals surface area contributed by atoms with Crippen LogP contribution in [0, 0.1) is 0 Å². The second kappa shape index (κ2) is 20.4. The van der Waals surface area contributed by atoms with Crippen LogP contribution in [0.4, 0.5) is 5.69 Å². The number of anilines is 1. The summed E-state index contributed by atoms with van der Waals surface area (Å²) in [4.78, 5) is 17.8. The van der Waals surface area contributed by atoms with Gasteiger partial charge in [0.15, 0.2) is 12.4 Å². The average molecular weight is 666 g/mol. The number of hydrogen-bond acceptors (Lipinski definition) is 2. The van der Waals surface area contributed by atoms with Gasteiger partial charge in [0.1, 0.15) is 5.75 Å². The summed E-state index contributed by atoms with van der Waals surface area (Å²) in [6.07, 6.45) is 20.9. The lowest BCUT2D eigenvalue weighted by molar-refractivity contribution is -0.378. The predicted molar refractivity (Wildman–Crippen MR) is 181 cm³/mol. The fourth-order valence-electron chi connectivity index (χ4n) is 5.69. The lowest BCUT2D eigenvalue weighted by Crippen LogP contribution is -3.00. The molecule has 0 saturated heterocycles. The predicted octanol–water partition coefficient (Wildman–Crippen LogP) is 7.03. The van der Waals surface area contributed by atoms with Crippen LogP contribution in [0.15, 0.2) is 67.0 Å². The van der Waals surface area contributed by atoms with E-state index in [0.717, 1.165) is 36.4 Å². The summed E-state index contributed by atoms with van der Waals surface area (Å²) in [6, 6.07) is 18.9. The summed E-state index contributed by atoms with van der Waals surface area (Å²) in [5, 5.41) is 0. The van der Waals surface area contributed by atoms with Crippen LogP contribution >= 0.6 is 0 Å². The number of carbonyl (C=O) groups excluding carboxylic acids is 1. The monoisotopic (exact) mass is 664 g/mol. The van der Waals surface area contributed by atoms with Gasteiger partial charge in [-0.25, -0.2) is 4.98 Å². The highest BCUT2D eigenvalue weighted by Crippen LogP contribution is 2.33. The van der Waals surface area contributed by atoms with Crippen LogP contribution in [0.5, 0.6) is 5.75 Å². The molecule has 0 aliphatic carbocycles. The van der Waals surface area contributed by atoms with Gasteiger partial charge in [-0.2, -0.15) is 0 Å². The van der Waals surface area contributed by atoms with Crippen molar-refractivity contribution < 1.29 is 31.5 Å². The van der Waals surface area contributed by atoms with E-state index >= 15 is 0 Å². The van der Waals surface area contributed by atoms with Crippen LogP contribution in [0.2, 0.25) is 0 Å². The van der Waals surface area contributed by atoms with Crippen molar-refractivity contribution in [2.45, 2.75) is 130 Å². The van der Waals surface area contributed by atoms with Gasteiger partial charge in [0.05, 0.1) is 13.2 Å². The first-order chi connectivity index (χ1) is 20.8. The molecule has 242 valence electrons. The maximum atomic E-state index is 12.8. The molecule has 0 atom stereocenters. The molecule has 4 nitrogen and oxygen atoms in total. The zero-order valence-electron chi connectivity index (χ0n) is 28.1. The summed E-state index contributed by atoms with van der Waals surface area (Å²) in [6.45, 7) is 11.9. The molecule has 1 heterocycles. The van der Waals surface area contributed by atoms with Gasteiger partial charge in [0.2, 0.25) is 5.91 Å². The van der Waals surface area contributed by atoms with Crippen LogP contribution in [0.1, 0.15) is 134 Å². The number of pyridine rings is 1. The summed E-state index contributed by atoms with van der Waals surface area (Å²) in [7, 11) is 0. The van der Waals surface area contributed by atoms with Gasteiger partial charge in [-0.15, -0.1) is 0 Å². The number of nitrogens with zero attached hydrogens (tertiary/aromatic N) is 1. The second-order valence-electron chi connectivity index (χ2n) is 13.2. The molecular formula is C39H57BrN2O2. The third-order valence-electron chi connectivity index (χ3n) is 8.23. The topological polar surface area (TPSA) is 43.7 Å². The normalized spacial score (nSPS) is 11.2. The quantitative estimate of drug-likeness (QED) is 0.129. The molecule has 2 aromatic carbocycles. The number of carbonyl (C=O) groups is 1. The largest absolute Gasteiger partial charge is 1.00 e. The minimum absolute atomic E-state index is 0. The number of aromatic amines is 1. The molecule has 1 N–H and O–H groups in total. The lowest BCUT2D eigenvalue weighted by atomic mass is 9.85. The Morgan fingerprint density at radius 2 is 1.41 bits per heavy atom. The van der Waals surface area contributed by atoms with Crippen molar-refractivity contribution in [2.24, 2.45) is 0 Å². The Hall–Kier alpha value is -2.66. The number of ether oxygens (including phenoxy) is 1. The Morgan fingerprint density at radius 3 is 2.00 bits per heavy atom. The Bertz CT molecular complexity index is 1220. The average Bonchev–Trinajstić information content (AvgIpc) is 2.98. The summed E-state index contributed by atoms with van der Waals surface area (Å²) >= 11 is 0. The smallest absolute Gasteiger partial charge is 0.224 e. The van der Waals surface area contributed by atoms with Gasteiger partial charge in [-0.05, 0) is 58.9 Å². The van der Waals surface area contributed by atoms with E-state index in [1.54, 1.807) is 6.92 Å². The molecular weight excluding hydrogens is 608 g/mol. The SMILES string of the molecule is CCCCCCCCCCCCCCOc1ccc(CN(C(C)=O)c2cccc(Cc3ccc[nH+]c3)c2)cc1C(C)(C)C.[Br-]. The Kier molecular flexibility index (Phi) is 17.4. The third-order valence-corrected chi connectivity index (χ3v) is 8.23. The van der Waals surface area contributed by atoms with Crippen molar-refractivity contribution in [1.29, 1.82) is 0 Å². The summed E-state index contributed by atoms with van der Waals surface area (Å²) < 4.78 is 6.34. The van der Waals surface area contributed by atoms with Crippen molar-refractivity contribution in [3.8, 4) is 5.75 Å². The van der Waals surface area contributed by atoms with Gasteiger partial charge in [-0.1, -0.05) is 117 Å². The van der Waals surface area contributed by atoms with Crippen molar-refractivity contribution in [1.82, 2.24) is 0 Å². The highest BCUT2D eigenvalue weighted by molar-refractivity contribution is 5.91. The Morgan fingerprint density at radius 1 is 0.773 bits per heavy atom. The molecule has 0 unspecified atom stereocenters. The standard InChI is InChI=1S/C39H56N2O2.BrH/c1-6-7-8-9-10-11-12-13-14-15-16-17-26-43-38-24-23-35(29-37(38)39(3,4)5)31-41(32(2)42)36-22-18-20-33(28-36)27-34-21-19-25-40-30-34;/h18-25,28-30H,6-17,26-27,31H2,1-5H3;1H. The van der Waals surface area contributed by atoms with Crippen LogP contribution in [0.25, 0.3) is 0 Å². The maximum Gasteiger partial charge on any atom is 0.224 e. The number of amides is 1. The van der Waals surface area contributed by atoms with Gasteiger partial charge < -0.3 is 26.6 Å². The van der Waals surface area contributed by atoms with Gasteiger partial charge in [-0.3, -0.25) is 4.79 Å². The minimum atomic E-state index is -0.0600. The molecule has 44 heavy (non-hydrogen) atoms. The first-order valence-electron chi connectivity index (χ1n) is 16.9. The van der Waals surface area contributed by atoms with Crippen molar-refractivity contribution in [3.05, 3.63) is 89.2 Å². The number of H-pyrrole nitrogens is 1. The Balaban J connectivity index is 0.00000675.